The molecule has 0 fully saturated rings. The van der Waals surface area contributed by atoms with Crippen molar-refractivity contribution in [2.75, 3.05) is 0 Å². The molecule has 0 aliphatic heterocycles. The zero-order valence-corrected chi connectivity index (χ0v) is 13.3. The van der Waals surface area contributed by atoms with Crippen molar-refractivity contribution in [1.82, 2.24) is 0 Å². The molecule has 2 aromatic rings. The molecule has 0 bridgehead atoms. The van der Waals surface area contributed by atoms with Crippen LogP contribution in [0.15, 0.2) is 60.7 Å². The third kappa shape index (κ3) is 1.27. The van der Waals surface area contributed by atoms with Crippen LogP contribution in [-0.2, 0) is 5.41 Å². The van der Waals surface area contributed by atoms with E-state index in [1.807, 2.05) is 0 Å². The molecular weight excluding hydrogens is 252 g/mol. The van der Waals surface area contributed by atoms with Gasteiger partial charge in [0.15, 0.2) is 0 Å². The van der Waals surface area contributed by atoms with Gasteiger partial charge in [0.25, 0.3) is 0 Å². The Bertz CT molecular complexity index is 694. The van der Waals surface area contributed by atoms with Crippen LogP contribution in [0.4, 0.5) is 0 Å². The Labute approximate surface area is 127 Å². The van der Waals surface area contributed by atoms with Crippen molar-refractivity contribution in [2.24, 2.45) is 10.8 Å². The lowest BCUT2D eigenvalue weighted by Crippen LogP contribution is -2.47. The largest absolute Gasteiger partial charge is 0.0810 e. The van der Waals surface area contributed by atoms with Gasteiger partial charge in [0.2, 0.25) is 0 Å². The maximum atomic E-state index is 2.42. The van der Waals surface area contributed by atoms with Crippen molar-refractivity contribution in [3.8, 4) is 11.1 Å². The molecule has 0 saturated carbocycles. The van der Waals surface area contributed by atoms with Crippen molar-refractivity contribution in [1.29, 1.82) is 0 Å². The molecule has 0 nitrogen and oxygen atoms in total. The monoisotopic (exact) mass is 274 g/mol. The lowest BCUT2D eigenvalue weighted by molar-refractivity contribution is 0.173. The first kappa shape index (κ1) is 12.9. The molecule has 0 aromatic heterocycles. The van der Waals surface area contributed by atoms with Crippen LogP contribution in [0.3, 0.4) is 0 Å². The van der Waals surface area contributed by atoms with Crippen molar-refractivity contribution >= 4 is 0 Å². The number of benzene rings is 2. The van der Waals surface area contributed by atoms with Crippen LogP contribution in [-0.4, -0.2) is 0 Å². The molecule has 2 aliphatic carbocycles. The molecule has 2 aliphatic rings. The second-order valence-corrected chi connectivity index (χ2v) is 7.62. The van der Waals surface area contributed by atoms with Gasteiger partial charge < -0.3 is 0 Å². The summed E-state index contributed by atoms with van der Waals surface area (Å²) in [6, 6.07) is 18.0. The summed E-state index contributed by atoms with van der Waals surface area (Å²) in [5.74, 6) is 0. The van der Waals surface area contributed by atoms with Crippen molar-refractivity contribution in [2.45, 2.75) is 33.1 Å². The zero-order valence-electron chi connectivity index (χ0n) is 13.3. The molecule has 1 spiro atoms. The van der Waals surface area contributed by atoms with Crippen molar-refractivity contribution < 1.29 is 0 Å². The van der Waals surface area contributed by atoms with Gasteiger partial charge in [-0.2, -0.15) is 0 Å². The number of hydrogen-bond donors (Lipinski definition) is 0. The Morgan fingerprint density at radius 3 is 1.38 bits per heavy atom. The summed E-state index contributed by atoms with van der Waals surface area (Å²) in [5, 5.41) is 0. The van der Waals surface area contributed by atoms with Gasteiger partial charge in [-0.05, 0) is 33.1 Å². The number of rotatable bonds is 0. The zero-order chi connectivity index (χ0) is 14.9. The highest BCUT2D eigenvalue weighted by Crippen LogP contribution is 2.68. The van der Waals surface area contributed by atoms with Crippen molar-refractivity contribution in [3.63, 3.8) is 0 Å². The van der Waals surface area contributed by atoms with Crippen LogP contribution in [0, 0.1) is 10.8 Å². The van der Waals surface area contributed by atoms with Crippen LogP contribution >= 0.6 is 0 Å². The number of allylic oxidation sites excluding steroid dienone is 2. The molecule has 0 unspecified atom stereocenters. The summed E-state index contributed by atoms with van der Waals surface area (Å²) in [7, 11) is 0. The SMILES string of the molecule is CC1(C)C=CC(C)(C)C12c1ccccc1-c1ccccc12. The first-order valence-electron chi connectivity index (χ1n) is 7.82. The molecule has 21 heavy (non-hydrogen) atoms. The Morgan fingerprint density at radius 1 is 0.571 bits per heavy atom. The second kappa shape index (κ2) is 3.68. The second-order valence-electron chi connectivity index (χ2n) is 7.62. The molecular formula is C21H22. The van der Waals surface area contributed by atoms with Gasteiger partial charge in [0, 0.05) is 5.41 Å². The lowest BCUT2D eigenvalue weighted by atomic mass is 9.53. The normalized spacial score (nSPS) is 22.3. The average molecular weight is 274 g/mol. The highest BCUT2D eigenvalue weighted by Gasteiger charge is 2.61. The summed E-state index contributed by atoms with van der Waals surface area (Å²) in [4.78, 5) is 0. The summed E-state index contributed by atoms with van der Waals surface area (Å²) >= 11 is 0. The maximum Gasteiger partial charge on any atom is 0.0385 e. The van der Waals surface area contributed by atoms with E-state index in [0.717, 1.165) is 0 Å². The third-order valence-electron chi connectivity index (χ3n) is 5.80. The van der Waals surface area contributed by atoms with Crippen LogP contribution in [0.2, 0.25) is 0 Å². The maximum absolute atomic E-state index is 2.42. The Morgan fingerprint density at radius 2 is 0.952 bits per heavy atom. The molecule has 0 radical (unpaired) electrons. The van der Waals surface area contributed by atoms with Gasteiger partial charge in [-0.1, -0.05) is 88.4 Å². The molecule has 4 rings (SSSR count). The summed E-state index contributed by atoms with van der Waals surface area (Å²) < 4.78 is 0. The van der Waals surface area contributed by atoms with Gasteiger partial charge >= 0.3 is 0 Å². The average Bonchev–Trinajstić information content (AvgIpc) is 2.87. The molecule has 0 amide bonds. The topological polar surface area (TPSA) is 0 Å². The molecule has 0 saturated heterocycles. The molecule has 0 heteroatoms. The summed E-state index contributed by atoms with van der Waals surface area (Å²) in [6.07, 6.45) is 4.84. The standard InChI is InChI=1S/C21H22/c1-19(2)13-14-20(3,4)21(19)17-11-7-5-9-15(17)16-10-6-8-12-18(16)21/h5-14H,1-4H3. The van der Waals surface area contributed by atoms with Crippen LogP contribution in [0.1, 0.15) is 38.8 Å². The molecule has 0 atom stereocenters. The minimum atomic E-state index is 0.0349. The van der Waals surface area contributed by atoms with E-state index in [1.54, 1.807) is 0 Å². The van der Waals surface area contributed by atoms with E-state index >= 15 is 0 Å². The lowest BCUT2D eigenvalue weighted by Gasteiger charge is -2.49. The van der Waals surface area contributed by atoms with Crippen LogP contribution < -0.4 is 0 Å². The fraction of sp³-hybridized carbons (Fsp3) is 0.333. The van der Waals surface area contributed by atoms with Gasteiger partial charge in [-0.3, -0.25) is 0 Å². The van der Waals surface area contributed by atoms with E-state index in [1.165, 1.54) is 22.3 Å². The van der Waals surface area contributed by atoms with Gasteiger partial charge in [-0.15, -0.1) is 0 Å². The van der Waals surface area contributed by atoms with Crippen molar-refractivity contribution in [3.05, 3.63) is 71.8 Å². The first-order valence-corrected chi connectivity index (χ1v) is 7.82. The fourth-order valence-electron chi connectivity index (χ4n) is 5.12. The van der Waals surface area contributed by atoms with E-state index in [0.29, 0.717) is 0 Å². The summed E-state index contributed by atoms with van der Waals surface area (Å²) in [6.45, 7) is 9.54. The highest BCUT2D eigenvalue weighted by molar-refractivity contribution is 5.83. The molecule has 2 aromatic carbocycles. The Hall–Kier alpha value is -1.82. The van der Waals surface area contributed by atoms with E-state index in [9.17, 15) is 0 Å². The van der Waals surface area contributed by atoms with E-state index < -0.39 is 0 Å². The van der Waals surface area contributed by atoms with Gasteiger partial charge in [0.05, 0.1) is 0 Å². The smallest absolute Gasteiger partial charge is 0.0385 e. The third-order valence-corrected chi connectivity index (χ3v) is 5.80. The number of hydrogen-bond acceptors (Lipinski definition) is 0. The highest BCUT2D eigenvalue weighted by atomic mass is 14.6. The van der Waals surface area contributed by atoms with E-state index in [2.05, 4.69) is 88.4 Å². The predicted molar refractivity (Wildman–Crippen MR) is 89.4 cm³/mol. The quantitative estimate of drug-likeness (QED) is 0.550. The van der Waals surface area contributed by atoms with Gasteiger partial charge in [-0.25, -0.2) is 0 Å². The van der Waals surface area contributed by atoms with Gasteiger partial charge in [0.1, 0.15) is 0 Å². The number of fused-ring (bicyclic) bond motifs is 5. The van der Waals surface area contributed by atoms with Crippen LogP contribution in [0.5, 0.6) is 0 Å². The fourth-order valence-corrected chi connectivity index (χ4v) is 5.12. The first-order chi connectivity index (χ1) is 9.92. The van der Waals surface area contributed by atoms with E-state index in [-0.39, 0.29) is 16.2 Å². The van der Waals surface area contributed by atoms with Crippen LogP contribution in [0.25, 0.3) is 11.1 Å². The molecule has 0 heterocycles. The predicted octanol–water partition coefficient (Wildman–Crippen LogP) is 5.58. The minimum absolute atomic E-state index is 0.0349. The Balaban J connectivity index is 2.20. The minimum Gasteiger partial charge on any atom is -0.0810 e. The molecule has 106 valence electrons. The summed E-state index contributed by atoms with van der Waals surface area (Å²) in [5.41, 5.74) is 6.07. The molecule has 0 N–H and O–H groups in total. The Kier molecular flexibility index (Phi) is 2.26. The van der Waals surface area contributed by atoms with E-state index in [4.69, 9.17) is 0 Å².